The maximum Gasteiger partial charge on any atom is 0.261 e. The fourth-order valence-corrected chi connectivity index (χ4v) is 9.32. The van der Waals surface area contributed by atoms with Gasteiger partial charge in [0.05, 0.1) is 64.1 Å². The number of pyridine rings is 1. The fraction of sp³-hybridized carbons (Fsp3) is 0.383. The van der Waals surface area contributed by atoms with Crippen LogP contribution in [0.1, 0.15) is 52.8 Å². The number of piperazine rings is 2. The number of carbonyl (C=O) groups is 4. The first-order valence-corrected chi connectivity index (χ1v) is 21.4. The van der Waals surface area contributed by atoms with E-state index in [1.165, 1.54) is 9.80 Å². The summed E-state index contributed by atoms with van der Waals surface area (Å²) in [5.74, 6) is -1.30. The topological polar surface area (TPSA) is 160 Å². The summed E-state index contributed by atoms with van der Waals surface area (Å²) in [7, 11) is 0. The zero-order valence-corrected chi connectivity index (χ0v) is 34.7. The number of aliphatic hydroxyl groups excluding tert-OH is 2. The number of hydrogen-bond acceptors (Lipinski definition) is 13. The van der Waals surface area contributed by atoms with Gasteiger partial charge in [0.1, 0.15) is 0 Å². The molecule has 322 valence electrons. The molecular weight excluding hydrogens is 791 g/mol. The number of rotatable bonds is 16. The number of anilines is 2. The van der Waals surface area contributed by atoms with Crippen LogP contribution in [0.15, 0.2) is 78.9 Å². The van der Waals surface area contributed by atoms with E-state index < -0.39 is 0 Å². The smallest absolute Gasteiger partial charge is 0.261 e. The van der Waals surface area contributed by atoms with Gasteiger partial charge in [-0.15, -0.1) is 0 Å². The van der Waals surface area contributed by atoms with Crippen LogP contribution in [0.3, 0.4) is 0 Å². The molecule has 2 N–H and O–H groups in total. The first-order chi connectivity index (χ1) is 30.3. The van der Waals surface area contributed by atoms with Crippen molar-refractivity contribution in [3.05, 3.63) is 113 Å². The Hall–Kier alpha value is -5.81. The third-order valence-corrected chi connectivity index (χ3v) is 12.4. The van der Waals surface area contributed by atoms with Gasteiger partial charge in [0.2, 0.25) is 0 Å². The predicted molar refractivity (Wildman–Crippen MR) is 234 cm³/mol. The van der Waals surface area contributed by atoms with E-state index in [2.05, 4.69) is 37.8 Å². The van der Waals surface area contributed by atoms with E-state index in [0.717, 1.165) is 99.0 Å². The molecule has 9 rings (SSSR count). The molecule has 4 aliphatic rings. The number of amides is 4. The van der Waals surface area contributed by atoms with Crippen molar-refractivity contribution in [1.82, 2.24) is 24.6 Å². The van der Waals surface area contributed by atoms with Crippen LogP contribution in [-0.2, 0) is 22.6 Å². The van der Waals surface area contributed by atoms with Crippen molar-refractivity contribution >= 4 is 56.5 Å². The minimum Gasteiger partial charge on any atom is -0.394 e. The van der Waals surface area contributed by atoms with Gasteiger partial charge >= 0.3 is 0 Å². The first-order valence-electron chi connectivity index (χ1n) is 21.4. The number of benzene rings is 4. The molecule has 2 fully saturated rings. The largest absolute Gasteiger partial charge is 0.394 e. The summed E-state index contributed by atoms with van der Waals surface area (Å²) in [6.07, 6.45) is 0. The molecule has 0 radical (unpaired) electrons. The van der Waals surface area contributed by atoms with Crippen LogP contribution in [0.2, 0.25) is 0 Å². The lowest BCUT2D eigenvalue weighted by atomic mass is 9.92. The second-order valence-electron chi connectivity index (χ2n) is 16.1. The number of imide groups is 2. The summed E-state index contributed by atoms with van der Waals surface area (Å²) < 4.78 is 10.7. The van der Waals surface area contributed by atoms with Crippen molar-refractivity contribution in [3.63, 3.8) is 0 Å². The maximum atomic E-state index is 13.5. The molecular formula is C47H51N7O8. The first kappa shape index (κ1) is 41.5. The predicted octanol–water partition coefficient (Wildman–Crippen LogP) is 3.24. The number of aliphatic hydroxyl groups is 2. The number of nitrogens with zero attached hydrogens (tertiary/aromatic N) is 7. The van der Waals surface area contributed by atoms with Gasteiger partial charge in [0.25, 0.3) is 23.6 Å². The Balaban J connectivity index is 0.797. The average Bonchev–Trinajstić information content (AvgIpc) is 3.30. The van der Waals surface area contributed by atoms with Crippen molar-refractivity contribution in [2.24, 2.45) is 0 Å². The van der Waals surface area contributed by atoms with E-state index >= 15 is 0 Å². The molecule has 0 unspecified atom stereocenters. The van der Waals surface area contributed by atoms with E-state index in [1.54, 1.807) is 12.1 Å². The molecule has 15 heteroatoms. The normalized spacial score (nSPS) is 17.3. The molecule has 4 amide bonds. The highest BCUT2D eigenvalue weighted by atomic mass is 16.5. The van der Waals surface area contributed by atoms with E-state index in [9.17, 15) is 19.2 Å². The Morgan fingerprint density at radius 1 is 0.468 bits per heavy atom. The highest BCUT2D eigenvalue weighted by molar-refractivity contribution is 6.28. The van der Waals surface area contributed by atoms with Gasteiger partial charge in [0, 0.05) is 121 Å². The average molecular weight is 842 g/mol. The van der Waals surface area contributed by atoms with Crippen LogP contribution in [0.4, 0.5) is 11.4 Å². The third kappa shape index (κ3) is 8.03. The Morgan fingerprint density at radius 3 is 1.26 bits per heavy atom. The highest BCUT2D eigenvalue weighted by Gasteiger charge is 2.35. The van der Waals surface area contributed by atoms with Gasteiger partial charge in [0.15, 0.2) is 0 Å². The fourth-order valence-electron chi connectivity index (χ4n) is 9.32. The Kier molecular flexibility index (Phi) is 12.2. The standard InChI is InChI=1S/C47H51N7O8/c55-24-28-61-26-22-53-44(57)36-8-2-6-34-40(12-10-38(42(34)36)46(53)59)51-18-14-49(15-19-51)30-32-4-1-5-33(48-32)31-50-16-20-52(21-17-50)41-13-11-39-43-35(41)7-3-9-37(43)45(58)54(47(39)60)23-27-62-29-25-56/h1-13,55-56H,14-31H2. The molecule has 5 aromatic rings. The second kappa shape index (κ2) is 18.3. The minimum atomic E-state index is -0.325. The summed E-state index contributed by atoms with van der Waals surface area (Å²) in [6, 6.07) is 25.3. The zero-order valence-electron chi connectivity index (χ0n) is 34.7. The van der Waals surface area contributed by atoms with Crippen LogP contribution in [0, 0.1) is 0 Å². The molecule has 0 atom stereocenters. The molecule has 0 aliphatic carbocycles. The van der Waals surface area contributed by atoms with E-state index in [0.29, 0.717) is 33.0 Å². The van der Waals surface area contributed by atoms with Crippen molar-refractivity contribution in [2.75, 3.05) is 115 Å². The lowest BCUT2D eigenvalue weighted by Gasteiger charge is -2.37. The Labute approximate surface area is 359 Å². The number of ether oxygens (including phenoxy) is 2. The third-order valence-electron chi connectivity index (χ3n) is 12.4. The quantitative estimate of drug-likeness (QED) is 0.110. The minimum absolute atomic E-state index is 0.117. The zero-order chi connectivity index (χ0) is 42.7. The van der Waals surface area contributed by atoms with E-state index in [-0.39, 0.29) is 76.4 Å². The summed E-state index contributed by atoms with van der Waals surface area (Å²) >= 11 is 0. The van der Waals surface area contributed by atoms with Gasteiger partial charge in [-0.25, -0.2) is 0 Å². The van der Waals surface area contributed by atoms with Gasteiger partial charge in [-0.1, -0.05) is 30.3 Å². The Bertz CT molecular complexity index is 2300. The molecule has 2 saturated heterocycles. The molecule has 0 bridgehead atoms. The van der Waals surface area contributed by atoms with Crippen molar-refractivity contribution < 1.29 is 38.9 Å². The molecule has 0 saturated carbocycles. The van der Waals surface area contributed by atoms with Gasteiger partial charge in [-0.3, -0.25) is 43.8 Å². The molecule has 15 nitrogen and oxygen atoms in total. The van der Waals surface area contributed by atoms with Crippen molar-refractivity contribution in [1.29, 1.82) is 0 Å². The molecule has 0 spiro atoms. The molecule has 4 aromatic carbocycles. The number of carbonyl (C=O) groups excluding carboxylic acids is 4. The van der Waals surface area contributed by atoms with Crippen molar-refractivity contribution in [2.45, 2.75) is 13.1 Å². The van der Waals surface area contributed by atoms with Gasteiger partial charge in [-0.05, 0) is 48.5 Å². The Morgan fingerprint density at radius 2 is 0.855 bits per heavy atom. The van der Waals surface area contributed by atoms with Crippen LogP contribution < -0.4 is 9.80 Å². The summed E-state index contributed by atoms with van der Waals surface area (Å²) in [5.41, 5.74) is 6.17. The van der Waals surface area contributed by atoms with Crippen LogP contribution in [0.5, 0.6) is 0 Å². The van der Waals surface area contributed by atoms with E-state index in [4.69, 9.17) is 24.7 Å². The van der Waals surface area contributed by atoms with Gasteiger partial charge < -0.3 is 29.5 Å². The van der Waals surface area contributed by atoms with Crippen LogP contribution >= 0.6 is 0 Å². The summed E-state index contributed by atoms with van der Waals surface area (Å²) in [6.45, 7) is 8.71. The van der Waals surface area contributed by atoms with Crippen LogP contribution in [-0.4, -0.2) is 164 Å². The summed E-state index contributed by atoms with van der Waals surface area (Å²) in [4.78, 5) is 70.9. The molecule has 1 aromatic heterocycles. The molecule has 62 heavy (non-hydrogen) atoms. The monoisotopic (exact) mass is 841 g/mol. The highest BCUT2D eigenvalue weighted by Crippen LogP contribution is 2.38. The second-order valence-corrected chi connectivity index (χ2v) is 16.1. The number of aromatic nitrogens is 1. The maximum absolute atomic E-state index is 13.5. The SMILES string of the molecule is O=C1c2cccc3c(N4CCN(Cc5cccc(CN6CCN(c7ccc8c9c(cccc79)C(=O)N(CCOCCO)C8=O)CC6)n5)CC4)ccc(c23)C(=O)N1CCOCCO. The van der Waals surface area contributed by atoms with Crippen molar-refractivity contribution in [3.8, 4) is 0 Å². The number of hydrogen-bond donors (Lipinski definition) is 2. The van der Waals surface area contributed by atoms with Crippen LogP contribution in [0.25, 0.3) is 21.5 Å². The summed E-state index contributed by atoms with van der Waals surface area (Å²) in [5, 5.41) is 21.2. The lowest BCUT2D eigenvalue weighted by molar-refractivity contribution is 0.0467. The molecule has 5 heterocycles. The molecule has 4 aliphatic heterocycles. The lowest BCUT2D eigenvalue weighted by Crippen LogP contribution is -2.46. The van der Waals surface area contributed by atoms with Gasteiger partial charge in [-0.2, -0.15) is 0 Å². The van der Waals surface area contributed by atoms with E-state index in [1.807, 2.05) is 48.5 Å².